The Morgan fingerprint density at radius 2 is 1.93 bits per heavy atom. The molecule has 14 heavy (non-hydrogen) atoms. The van der Waals surface area contributed by atoms with Gasteiger partial charge in [-0.1, -0.05) is 12.1 Å². The Bertz CT molecular complexity index is 306. The fourth-order valence-electron chi connectivity index (χ4n) is 1.28. The molecule has 0 saturated carbocycles. The van der Waals surface area contributed by atoms with Gasteiger partial charge in [-0.05, 0) is 24.6 Å². The molecule has 0 radical (unpaired) electrons. The monoisotopic (exact) mass is 193 g/mol. The van der Waals surface area contributed by atoms with Crippen LogP contribution in [0.5, 0.6) is 5.75 Å². The SMILES string of the molecule is COc1ccc([C@H](C)NC(C)=O)cc1. The van der Waals surface area contributed by atoms with Crippen LogP contribution < -0.4 is 10.1 Å². The summed E-state index contributed by atoms with van der Waals surface area (Å²) in [5.74, 6) is 0.803. The number of carbonyl (C=O) groups is 1. The molecule has 1 N–H and O–H groups in total. The summed E-state index contributed by atoms with van der Waals surface area (Å²) < 4.78 is 5.04. The normalized spacial score (nSPS) is 11.9. The van der Waals surface area contributed by atoms with Gasteiger partial charge in [-0.2, -0.15) is 0 Å². The van der Waals surface area contributed by atoms with Crippen molar-refractivity contribution in [2.75, 3.05) is 7.11 Å². The third kappa shape index (κ3) is 2.76. The Morgan fingerprint density at radius 1 is 1.36 bits per heavy atom. The van der Waals surface area contributed by atoms with Gasteiger partial charge in [0.15, 0.2) is 0 Å². The van der Waals surface area contributed by atoms with Crippen LogP contribution in [-0.4, -0.2) is 13.0 Å². The van der Waals surface area contributed by atoms with Gasteiger partial charge in [0.2, 0.25) is 5.91 Å². The predicted octanol–water partition coefficient (Wildman–Crippen LogP) is 1.89. The summed E-state index contributed by atoms with van der Waals surface area (Å²) >= 11 is 0. The number of rotatable bonds is 3. The molecule has 1 atom stereocenters. The van der Waals surface area contributed by atoms with Crippen molar-refractivity contribution in [2.45, 2.75) is 19.9 Å². The first kappa shape index (κ1) is 10.6. The van der Waals surface area contributed by atoms with Gasteiger partial charge in [-0.3, -0.25) is 4.79 Å². The maximum atomic E-state index is 10.8. The number of hydrogen-bond acceptors (Lipinski definition) is 2. The van der Waals surface area contributed by atoms with Crippen molar-refractivity contribution in [3.05, 3.63) is 29.8 Å². The molecular weight excluding hydrogens is 178 g/mol. The van der Waals surface area contributed by atoms with E-state index in [1.807, 2.05) is 31.2 Å². The first-order valence-electron chi connectivity index (χ1n) is 4.54. The van der Waals surface area contributed by atoms with Crippen LogP contribution in [0.2, 0.25) is 0 Å². The van der Waals surface area contributed by atoms with Crippen LogP contribution in [0, 0.1) is 0 Å². The quantitative estimate of drug-likeness (QED) is 0.796. The Kier molecular flexibility index (Phi) is 3.51. The molecule has 1 aromatic rings. The molecule has 0 spiro atoms. The zero-order valence-corrected chi connectivity index (χ0v) is 8.70. The lowest BCUT2D eigenvalue weighted by Crippen LogP contribution is -2.23. The van der Waals surface area contributed by atoms with Crippen LogP contribution in [-0.2, 0) is 4.79 Å². The number of hydrogen-bond donors (Lipinski definition) is 1. The first-order valence-corrected chi connectivity index (χ1v) is 4.54. The average molecular weight is 193 g/mol. The lowest BCUT2D eigenvalue weighted by molar-refractivity contribution is -0.119. The van der Waals surface area contributed by atoms with Gasteiger partial charge >= 0.3 is 0 Å². The summed E-state index contributed by atoms with van der Waals surface area (Å²) in [5.41, 5.74) is 1.07. The molecule has 3 nitrogen and oxygen atoms in total. The van der Waals surface area contributed by atoms with Crippen molar-refractivity contribution in [1.82, 2.24) is 5.32 Å². The summed E-state index contributed by atoms with van der Waals surface area (Å²) in [6.07, 6.45) is 0. The second kappa shape index (κ2) is 4.65. The highest BCUT2D eigenvalue weighted by Crippen LogP contribution is 2.16. The molecule has 0 aromatic heterocycles. The number of methoxy groups -OCH3 is 1. The number of nitrogens with one attached hydrogen (secondary N) is 1. The summed E-state index contributed by atoms with van der Waals surface area (Å²) in [6.45, 7) is 3.46. The van der Waals surface area contributed by atoms with Gasteiger partial charge in [-0.15, -0.1) is 0 Å². The molecule has 1 aromatic carbocycles. The third-order valence-corrected chi connectivity index (χ3v) is 2.04. The minimum absolute atomic E-state index is 0.0201. The summed E-state index contributed by atoms with van der Waals surface area (Å²) in [6, 6.07) is 7.69. The standard InChI is InChI=1S/C11H15NO2/c1-8(12-9(2)13)10-4-6-11(14-3)7-5-10/h4-8H,1-3H3,(H,12,13)/t8-/m0/s1. The highest BCUT2D eigenvalue weighted by molar-refractivity contribution is 5.73. The van der Waals surface area contributed by atoms with E-state index in [2.05, 4.69) is 5.32 Å². The van der Waals surface area contributed by atoms with Gasteiger partial charge in [0.25, 0.3) is 0 Å². The maximum absolute atomic E-state index is 10.8. The van der Waals surface area contributed by atoms with E-state index in [4.69, 9.17) is 4.74 Å². The van der Waals surface area contributed by atoms with Crippen molar-refractivity contribution < 1.29 is 9.53 Å². The van der Waals surface area contributed by atoms with Crippen LogP contribution in [0.15, 0.2) is 24.3 Å². The van der Waals surface area contributed by atoms with Crippen molar-refractivity contribution in [1.29, 1.82) is 0 Å². The number of carbonyl (C=O) groups excluding carboxylic acids is 1. The Morgan fingerprint density at radius 3 is 2.36 bits per heavy atom. The third-order valence-electron chi connectivity index (χ3n) is 2.04. The first-order chi connectivity index (χ1) is 6.63. The van der Waals surface area contributed by atoms with Crippen LogP contribution in [0.3, 0.4) is 0 Å². The predicted molar refractivity (Wildman–Crippen MR) is 55.2 cm³/mol. The zero-order chi connectivity index (χ0) is 10.6. The van der Waals surface area contributed by atoms with E-state index in [1.165, 1.54) is 6.92 Å². The second-order valence-corrected chi connectivity index (χ2v) is 3.20. The molecule has 1 rings (SSSR count). The topological polar surface area (TPSA) is 38.3 Å². The Hall–Kier alpha value is -1.51. The maximum Gasteiger partial charge on any atom is 0.217 e. The van der Waals surface area contributed by atoms with Gasteiger partial charge < -0.3 is 10.1 Å². The molecule has 0 saturated heterocycles. The van der Waals surface area contributed by atoms with Crippen LogP contribution in [0.1, 0.15) is 25.5 Å². The van der Waals surface area contributed by atoms with E-state index in [-0.39, 0.29) is 11.9 Å². The van der Waals surface area contributed by atoms with E-state index in [0.29, 0.717) is 0 Å². The highest BCUT2D eigenvalue weighted by atomic mass is 16.5. The van der Waals surface area contributed by atoms with E-state index < -0.39 is 0 Å². The fraction of sp³-hybridized carbons (Fsp3) is 0.364. The van der Waals surface area contributed by atoms with Crippen LogP contribution >= 0.6 is 0 Å². The van der Waals surface area contributed by atoms with Crippen LogP contribution in [0.25, 0.3) is 0 Å². The molecule has 0 unspecified atom stereocenters. The Labute approximate surface area is 84.1 Å². The molecular formula is C11H15NO2. The van der Waals surface area contributed by atoms with Crippen molar-refractivity contribution in [3.63, 3.8) is 0 Å². The number of ether oxygens (including phenoxy) is 1. The smallest absolute Gasteiger partial charge is 0.217 e. The lowest BCUT2D eigenvalue weighted by atomic mass is 10.1. The minimum Gasteiger partial charge on any atom is -0.497 e. The molecule has 0 aliphatic heterocycles. The van der Waals surface area contributed by atoms with E-state index >= 15 is 0 Å². The highest BCUT2D eigenvalue weighted by Gasteiger charge is 2.05. The summed E-state index contributed by atoms with van der Waals surface area (Å²) in [7, 11) is 1.63. The Balaban J connectivity index is 2.71. The number of benzene rings is 1. The van der Waals surface area contributed by atoms with E-state index in [1.54, 1.807) is 7.11 Å². The van der Waals surface area contributed by atoms with Crippen molar-refractivity contribution in [3.8, 4) is 5.75 Å². The molecule has 3 heteroatoms. The summed E-state index contributed by atoms with van der Waals surface area (Å²) in [4.78, 5) is 10.8. The minimum atomic E-state index is -0.0201. The van der Waals surface area contributed by atoms with Crippen molar-refractivity contribution >= 4 is 5.91 Å². The molecule has 0 heterocycles. The molecule has 0 aliphatic carbocycles. The molecule has 76 valence electrons. The molecule has 0 aliphatic rings. The molecule has 0 bridgehead atoms. The second-order valence-electron chi connectivity index (χ2n) is 3.20. The zero-order valence-electron chi connectivity index (χ0n) is 8.70. The fourth-order valence-corrected chi connectivity index (χ4v) is 1.28. The van der Waals surface area contributed by atoms with E-state index in [9.17, 15) is 4.79 Å². The van der Waals surface area contributed by atoms with Gasteiger partial charge in [-0.25, -0.2) is 0 Å². The lowest BCUT2D eigenvalue weighted by Gasteiger charge is -2.12. The summed E-state index contributed by atoms with van der Waals surface area (Å²) in [5, 5.41) is 2.82. The van der Waals surface area contributed by atoms with Crippen LogP contribution in [0.4, 0.5) is 0 Å². The van der Waals surface area contributed by atoms with E-state index in [0.717, 1.165) is 11.3 Å². The van der Waals surface area contributed by atoms with Gasteiger partial charge in [0.1, 0.15) is 5.75 Å². The largest absolute Gasteiger partial charge is 0.497 e. The molecule has 0 fully saturated rings. The van der Waals surface area contributed by atoms with Crippen molar-refractivity contribution in [2.24, 2.45) is 0 Å². The average Bonchev–Trinajstić information content (AvgIpc) is 2.17. The van der Waals surface area contributed by atoms with Gasteiger partial charge in [0, 0.05) is 6.92 Å². The number of amides is 1. The van der Waals surface area contributed by atoms with Gasteiger partial charge in [0.05, 0.1) is 13.2 Å². The molecule has 1 amide bonds.